The Bertz CT molecular complexity index is 751. The third-order valence-electron chi connectivity index (χ3n) is 4.72. The topological polar surface area (TPSA) is 51.1 Å². The van der Waals surface area contributed by atoms with E-state index in [4.69, 9.17) is 0 Å². The van der Waals surface area contributed by atoms with Crippen molar-refractivity contribution in [2.45, 2.75) is 44.6 Å². The average Bonchev–Trinajstić information content (AvgIpc) is 2.60. The van der Waals surface area contributed by atoms with Crippen LogP contribution in [-0.4, -0.2) is 17.0 Å². The number of hydrogen-bond donors (Lipinski definition) is 1. The number of pyridine rings is 1. The fourth-order valence-electron chi connectivity index (χ4n) is 3.49. The highest BCUT2D eigenvalue weighted by Gasteiger charge is 2.21. The van der Waals surface area contributed by atoms with Gasteiger partial charge in [-0.05, 0) is 48.8 Å². The molecule has 0 fully saturated rings. The second-order valence-corrected chi connectivity index (χ2v) is 6.43. The molecule has 1 aromatic carbocycles. The van der Waals surface area contributed by atoms with Crippen LogP contribution in [0.3, 0.4) is 0 Å². The molecule has 3 rings (SSSR count). The van der Waals surface area contributed by atoms with Gasteiger partial charge in [0, 0.05) is 31.8 Å². The van der Waals surface area contributed by atoms with E-state index in [1.165, 1.54) is 11.1 Å². The van der Waals surface area contributed by atoms with Crippen LogP contribution in [0, 0.1) is 0 Å². The Kier molecular flexibility index (Phi) is 5.47. The molecule has 1 aliphatic rings. The number of fused-ring (bicyclic) bond motifs is 1. The number of carbonyl (C=O) groups excluding carboxylic acids is 1. The summed E-state index contributed by atoms with van der Waals surface area (Å²) in [7, 11) is 0. The van der Waals surface area contributed by atoms with Crippen molar-refractivity contribution in [3.63, 3.8) is 0 Å². The molecule has 1 atom stereocenters. The van der Waals surface area contributed by atoms with E-state index >= 15 is 0 Å². The van der Waals surface area contributed by atoms with Gasteiger partial charge in [0.05, 0.1) is 0 Å². The Hall–Kier alpha value is -2.36. The van der Waals surface area contributed by atoms with Gasteiger partial charge in [0.25, 0.3) is 0 Å². The summed E-state index contributed by atoms with van der Waals surface area (Å²) >= 11 is 0. The molecule has 0 radical (unpaired) electrons. The van der Waals surface area contributed by atoms with E-state index in [-0.39, 0.29) is 11.5 Å². The van der Waals surface area contributed by atoms with Gasteiger partial charge < -0.3 is 9.88 Å². The molecule has 24 heavy (non-hydrogen) atoms. The van der Waals surface area contributed by atoms with Crippen LogP contribution in [0.15, 0.2) is 53.5 Å². The lowest BCUT2D eigenvalue weighted by Crippen LogP contribution is -2.28. The van der Waals surface area contributed by atoms with E-state index in [0.29, 0.717) is 25.4 Å². The van der Waals surface area contributed by atoms with E-state index < -0.39 is 0 Å². The summed E-state index contributed by atoms with van der Waals surface area (Å²) in [5, 5.41) is 3.00. The summed E-state index contributed by atoms with van der Waals surface area (Å²) in [5.74, 6) is 0.448. The summed E-state index contributed by atoms with van der Waals surface area (Å²) in [5.41, 5.74) is 2.74. The van der Waals surface area contributed by atoms with Crippen LogP contribution in [-0.2, 0) is 17.8 Å². The molecule has 4 heteroatoms. The van der Waals surface area contributed by atoms with Gasteiger partial charge in [-0.15, -0.1) is 0 Å². The summed E-state index contributed by atoms with van der Waals surface area (Å²) in [6, 6.07) is 13.6. The number of hydrogen-bond acceptors (Lipinski definition) is 2. The van der Waals surface area contributed by atoms with Crippen LogP contribution in [0.5, 0.6) is 0 Å². The van der Waals surface area contributed by atoms with E-state index in [1.54, 1.807) is 22.9 Å². The maximum Gasteiger partial charge on any atom is 0.250 e. The lowest BCUT2D eigenvalue weighted by atomic mass is 9.81. The molecule has 4 nitrogen and oxygen atoms in total. The van der Waals surface area contributed by atoms with Gasteiger partial charge in [0.15, 0.2) is 0 Å². The quantitative estimate of drug-likeness (QED) is 0.831. The van der Waals surface area contributed by atoms with Gasteiger partial charge in [-0.2, -0.15) is 0 Å². The molecule has 1 amide bonds. The number of carbonyl (C=O) groups is 1. The lowest BCUT2D eigenvalue weighted by Gasteiger charge is -2.25. The largest absolute Gasteiger partial charge is 0.356 e. The molecule has 0 saturated carbocycles. The minimum Gasteiger partial charge on any atom is -0.356 e. The van der Waals surface area contributed by atoms with Gasteiger partial charge in [0.2, 0.25) is 11.5 Å². The number of nitrogens with zero attached hydrogens (tertiary/aromatic N) is 1. The zero-order valence-electron chi connectivity index (χ0n) is 13.9. The first-order valence-electron chi connectivity index (χ1n) is 8.74. The van der Waals surface area contributed by atoms with Crippen LogP contribution in [0.2, 0.25) is 0 Å². The van der Waals surface area contributed by atoms with Crippen molar-refractivity contribution in [3.8, 4) is 0 Å². The minimum absolute atomic E-state index is 0.00244. The summed E-state index contributed by atoms with van der Waals surface area (Å²) in [6.07, 6.45) is 6.47. The van der Waals surface area contributed by atoms with Crippen molar-refractivity contribution in [1.29, 1.82) is 0 Å². The fraction of sp³-hybridized carbons (Fsp3) is 0.400. The molecule has 1 aliphatic carbocycles. The first kappa shape index (κ1) is 16.5. The zero-order valence-corrected chi connectivity index (χ0v) is 13.9. The van der Waals surface area contributed by atoms with Crippen molar-refractivity contribution in [1.82, 2.24) is 9.88 Å². The Labute approximate surface area is 142 Å². The van der Waals surface area contributed by atoms with Crippen molar-refractivity contribution in [2.24, 2.45) is 0 Å². The maximum absolute atomic E-state index is 12.2. The van der Waals surface area contributed by atoms with Crippen molar-refractivity contribution < 1.29 is 4.79 Å². The molecular formula is C20H24N2O2. The van der Waals surface area contributed by atoms with Crippen molar-refractivity contribution in [3.05, 3.63) is 70.1 Å². The smallest absolute Gasteiger partial charge is 0.250 e. The third-order valence-corrected chi connectivity index (χ3v) is 4.72. The van der Waals surface area contributed by atoms with E-state index in [2.05, 4.69) is 29.6 Å². The molecule has 0 unspecified atom stereocenters. The van der Waals surface area contributed by atoms with Crippen LogP contribution >= 0.6 is 0 Å². The molecule has 1 N–H and O–H groups in total. The average molecular weight is 324 g/mol. The predicted octanol–water partition coefficient (Wildman–Crippen LogP) is 2.86. The van der Waals surface area contributed by atoms with Crippen molar-refractivity contribution in [2.75, 3.05) is 6.54 Å². The molecule has 1 heterocycles. The fourth-order valence-corrected chi connectivity index (χ4v) is 3.49. The van der Waals surface area contributed by atoms with E-state index in [0.717, 1.165) is 25.7 Å². The van der Waals surface area contributed by atoms with Crippen LogP contribution < -0.4 is 10.9 Å². The first-order chi connectivity index (χ1) is 11.7. The summed E-state index contributed by atoms with van der Waals surface area (Å²) < 4.78 is 1.67. The third kappa shape index (κ3) is 4.13. The van der Waals surface area contributed by atoms with Crippen LogP contribution in [0.4, 0.5) is 0 Å². The van der Waals surface area contributed by atoms with Crippen LogP contribution in [0.25, 0.3) is 0 Å². The molecule has 0 spiro atoms. The zero-order chi connectivity index (χ0) is 16.8. The van der Waals surface area contributed by atoms with Gasteiger partial charge in [-0.25, -0.2) is 0 Å². The highest BCUT2D eigenvalue weighted by Crippen LogP contribution is 2.33. The molecule has 0 bridgehead atoms. The predicted molar refractivity (Wildman–Crippen MR) is 95.1 cm³/mol. The molecule has 126 valence electrons. The van der Waals surface area contributed by atoms with Gasteiger partial charge >= 0.3 is 0 Å². The van der Waals surface area contributed by atoms with Gasteiger partial charge in [-0.1, -0.05) is 30.3 Å². The number of aromatic nitrogens is 1. The Morgan fingerprint density at radius 3 is 2.88 bits per heavy atom. The second-order valence-electron chi connectivity index (χ2n) is 6.43. The highest BCUT2D eigenvalue weighted by atomic mass is 16.1. The number of aryl methyl sites for hydroxylation is 2. The summed E-state index contributed by atoms with van der Waals surface area (Å²) in [6.45, 7) is 1.24. The SMILES string of the molecule is O=C(C[C@H]1CCCc2ccccc21)NCCCn1ccccc1=O. The molecule has 0 aliphatic heterocycles. The monoisotopic (exact) mass is 324 g/mol. The molecule has 2 aromatic rings. The number of amides is 1. The second kappa shape index (κ2) is 7.95. The summed E-state index contributed by atoms with van der Waals surface area (Å²) in [4.78, 5) is 23.8. The normalized spacial score (nSPS) is 16.4. The Morgan fingerprint density at radius 2 is 2.00 bits per heavy atom. The van der Waals surface area contributed by atoms with Gasteiger partial charge in [-0.3, -0.25) is 9.59 Å². The maximum atomic E-state index is 12.2. The first-order valence-corrected chi connectivity index (χ1v) is 8.74. The molecule has 1 aromatic heterocycles. The molecular weight excluding hydrogens is 300 g/mol. The number of nitrogens with one attached hydrogen (secondary N) is 1. The highest BCUT2D eigenvalue weighted by molar-refractivity contribution is 5.77. The standard InChI is InChI=1S/C20H24N2O2/c23-19(21-12-6-14-22-13-4-3-11-20(22)24)15-17-9-5-8-16-7-1-2-10-18(16)17/h1-4,7,10-11,13,17H,5-6,8-9,12,14-15H2,(H,21,23)/t17-/m1/s1. The Balaban J connectivity index is 1.45. The van der Waals surface area contributed by atoms with Crippen LogP contribution in [0.1, 0.15) is 42.7 Å². The molecule has 0 saturated heterocycles. The Morgan fingerprint density at radius 1 is 1.17 bits per heavy atom. The minimum atomic E-state index is 0.00244. The lowest BCUT2D eigenvalue weighted by molar-refractivity contribution is -0.121. The number of rotatable bonds is 6. The van der Waals surface area contributed by atoms with Crippen molar-refractivity contribution >= 4 is 5.91 Å². The van der Waals surface area contributed by atoms with E-state index in [9.17, 15) is 9.59 Å². The van der Waals surface area contributed by atoms with Gasteiger partial charge in [0.1, 0.15) is 0 Å². The number of benzene rings is 1. The van der Waals surface area contributed by atoms with E-state index in [1.807, 2.05) is 6.07 Å².